The van der Waals surface area contributed by atoms with Gasteiger partial charge in [0, 0.05) is 27.3 Å². The molecule has 0 saturated heterocycles. The van der Waals surface area contributed by atoms with Crippen molar-refractivity contribution in [3.8, 4) is 33.6 Å². The second-order valence-corrected chi connectivity index (χ2v) is 11.0. The highest BCUT2D eigenvalue weighted by atomic mass is 16.3. The maximum atomic E-state index is 6.68. The Morgan fingerprint density at radius 1 is 0.395 bits per heavy atom. The van der Waals surface area contributed by atoms with Crippen LogP contribution in [0.4, 0.5) is 0 Å². The molecular formula is C40H24N2O. The largest absolute Gasteiger partial charge is 0.455 e. The maximum absolute atomic E-state index is 6.68. The summed E-state index contributed by atoms with van der Waals surface area (Å²) in [5.74, 6) is 0. The Morgan fingerprint density at radius 2 is 1.07 bits per heavy atom. The van der Waals surface area contributed by atoms with Crippen LogP contribution >= 0.6 is 0 Å². The van der Waals surface area contributed by atoms with Crippen LogP contribution in [0.25, 0.3) is 88.2 Å². The Labute approximate surface area is 247 Å². The predicted octanol–water partition coefficient (Wildman–Crippen LogP) is 10.8. The lowest BCUT2D eigenvalue weighted by Crippen LogP contribution is -1.96. The minimum absolute atomic E-state index is 0.865. The highest BCUT2D eigenvalue weighted by Gasteiger charge is 2.20. The summed E-state index contributed by atoms with van der Waals surface area (Å²) in [6.45, 7) is 0. The van der Waals surface area contributed by atoms with Gasteiger partial charge in [-0.05, 0) is 57.6 Å². The zero-order valence-electron chi connectivity index (χ0n) is 23.2. The van der Waals surface area contributed by atoms with Gasteiger partial charge in [-0.3, -0.25) is 0 Å². The number of rotatable bonds is 3. The molecule has 0 spiro atoms. The van der Waals surface area contributed by atoms with Gasteiger partial charge in [-0.15, -0.1) is 0 Å². The van der Waals surface area contributed by atoms with E-state index >= 15 is 0 Å². The molecule has 0 aliphatic rings. The smallest absolute Gasteiger partial charge is 0.143 e. The Kier molecular flexibility index (Phi) is 5.20. The molecule has 43 heavy (non-hydrogen) atoms. The molecule has 3 nitrogen and oxygen atoms in total. The fourth-order valence-corrected chi connectivity index (χ4v) is 6.42. The number of aromatic nitrogens is 2. The molecule has 2 aromatic heterocycles. The summed E-state index contributed by atoms with van der Waals surface area (Å²) in [4.78, 5) is 10.4. The van der Waals surface area contributed by atoms with Crippen molar-refractivity contribution in [3.05, 3.63) is 146 Å². The lowest BCUT2D eigenvalue weighted by Gasteiger charge is -2.13. The maximum Gasteiger partial charge on any atom is 0.143 e. The molecule has 7 aromatic carbocycles. The summed E-state index contributed by atoms with van der Waals surface area (Å²) in [7, 11) is 0. The van der Waals surface area contributed by atoms with E-state index in [1.807, 2.05) is 42.5 Å². The van der Waals surface area contributed by atoms with Crippen molar-refractivity contribution >= 4 is 54.5 Å². The number of benzene rings is 7. The Balaban J connectivity index is 1.33. The fraction of sp³-hybridized carbons (Fsp3) is 0. The molecule has 200 valence electrons. The van der Waals surface area contributed by atoms with Gasteiger partial charge < -0.3 is 4.42 Å². The molecule has 0 radical (unpaired) electrons. The number of para-hydroxylation sites is 2. The normalized spacial score (nSPS) is 11.7. The quantitative estimate of drug-likeness (QED) is 0.220. The van der Waals surface area contributed by atoms with Crippen molar-refractivity contribution in [2.24, 2.45) is 0 Å². The average Bonchev–Trinajstić information content (AvgIpc) is 3.45. The van der Waals surface area contributed by atoms with Crippen LogP contribution in [0, 0.1) is 0 Å². The topological polar surface area (TPSA) is 38.9 Å². The van der Waals surface area contributed by atoms with Crippen molar-refractivity contribution in [3.63, 3.8) is 0 Å². The molecule has 0 atom stereocenters. The van der Waals surface area contributed by atoms with E-state index in [0.29, 0.717) is 0 Å². The highest BCUT2D eigenvalue weighted by Crippen LogP contribution is 2.43. The standard InChI is InChI=1S/C40H24N2O/c1-2-12-26(13-3-1)38-39(42-36-20-9-8-19-35(36)41-38)33-24-34-31-22-21-27(29-18-10-14-25-11-4-5-15-28(25)29)23-37(31)43-40(34)32-17-7-6-16-30(32)33/h1-24H. The van der Waals surface area contributed by atoms with Gasteiger partial charge in [-0.1, -0.05) is 115 Å². The van der Waals surface area contributed by atoms with Gasteiger partial charge in [0.1, 0.15) is 11.2 Å². The number of hydrogen-bond donors (Lipinski definition) is 0. The van der Waals surface area contributed by atoms with Crippen LogP contribution in [0.15, 0.2) is 150 Å². The third-order valence-corrected chi connectivity index (χ3v) is 8.45. The number of fused-ring (bicyclic) bond motifs is 7. The molecule has 0 saturated carbocycles. The highest BCUT2D eigenvalue weighted by molar-refractivity contribution is 6.20. The Morgan fingerprint density at radius 3 is 1.91 bits per heavy atom. The molecule has 2 heterocycles. The molecule has 0 unspecified atom stereocenters. The molecule has 9 aromatic rings. The lowest BCUT2D eigenvalue weighted by molar-refractivity contribution is 0.673. The van der Waals surface area contributed by atoms with Gasteiger partial charge in [0.05, 0.1) is 22.4 Å². The van der Waals surface area contributed by atoms with Crippen LogP contribution in [0.1, 0.15) is 0 Å². The molecule has 9 rings (SSSR count). The van der Waals surface area contributed by atoms with E-state index in [4.69, 9.17) is 14.4 Å². The molecule has 0 amide bonds. The molecule has 3 heteroatoms. The van der Waals surface area contributed by atoms with E-state index in [1.54, 1.807) is 0 Å². The summed E-state index contributed by atoms with van der Waals surface area (Å²) < 4.78 is 6.68. The minimum atomic E-state index is 0.865. The van der Waals surface area contributed by atoms with E-state index in [9.17, 15) is 0 Å². The van der Waals surface area contributed by atoms with E-state index in [0.717, 1.165) is 71.8 Å². The number of nitrogens with zero attached hydrogens (tertiary/aromatic N) is 2. The number of furan rings is 1. The van der Waals surface area contributed by atoms with Gasteiger partial charge in [0.25, 0.3) is 0 Å². The van der Waals surface area contributed by atoms with Crippen molar-refractivity contribution in [1.29, 1.82) is 0 Å². The van der Waals surface area contributed by atoms with Gasteiger partial charge in [-0.25, -0.2) is 9.97 Å². The summed E-state index contributed by atoms with van der Waals surface area (Å²) >= 11 is 0. The van der Waals surface area contributed by atoms with E-state index in [-0.39, 0.29) is 0 Å². The van der Waals surface area contributed by atoms with Crippen LogP contribution in [-0.2, 0) is 0 Å². The van der Waals surface area contributed by atoms with Crippen LogP contribution in [0.3, 0.4) is 0 Å². The summed E-state index contributed by atoms with van der Waals surface area (Å²) in [5, 5.41) is 6.77. The van der Waals surface area contributed by atoms with Crippen molar-refractivity contribution < 1.29 is 4.42 Å². The third-order valence-electron chi connectivity index (χ3n) is 8.45. The SMILES string of the molecule is c1ccc(-c2nc3ccccc3nc2-c2cc3c4ccc(-c5cccc6ccccc56)cc4oc3c3ccccc23)cc1. The van der Waals surface area contributed by atoms with Crippen LogP contribution < -0.4 is 0 Å². The first kappa shape index (κ1) is 23.9. The second-order valence-electron chi connectivity index (χ2n) is 11.0. The summed E-state index contributed by atoms with van der Waals surface area (Å²) in [6, 6.07) is 50.7. The van der Waals surface area contributed by atoms with Gasteiger partial charge >= 0.3 is 0 Å². The van der Waals surface area contributed by atoms with Gasteiger partial charge in [0.2, 0.25) is 0 Å². The van der Waals surface area contributed by atoms with Crippen molar-refractivity contribution in [1.82, 2.24) is 9.97 Å². The zero-order valence-corrected chi connectivity index (χ0v) is 23.2. The molecule has 0 fully saturated rings. The fourth-order valence-electron chi connectivity index (χ4n) is 6.42. The molecular weight excluding hydrogens is 524 g/mol. The van der Waals surface area contributed by atoms with E-state index in [2.05, 4.69) is 103 Å². The Bertz CT molecular complexity index is 2500. The van der Waals surface area contributed by atoms with Gasteiger partial charge in [-0.2, -0.15) is 0 Å². The lowest BCUT2D eigenvalue weighted by atomic mass is 9.94. The van der Waals surface area contributed by atoms with Crippen molar-refractivity contribution in [2.45, 2.75) is 0 Å². The first-order chi connectivity index (χ1) is 21.3. The van der Waals surface area contributed by atoms with Crippen LogP contribution in [0.2, 0.25) is 0 Å². The zero-order chi connectivity index (χ0) is 28.3. The first-order valence-corrected chi connectivity index (χ1v) is 14.5. The third kappa shape index (κ3) is 3.75. The first-order valence-electron chi connectivity index (χ1n) is 14.5. The van der Waals surface area contributed by atoms with E-state index in [1.165, 1.54) is 16.3 Å². The number of hydrogen-bond acceptors (Lipinski definition) is 3. The Hall–Kier alpha value is -5.80. The molecule has 0 aliphatic carbocycles. The molecule has 0 aliphatic heterocycles. The molecule has 0 bridgehead atoms. The predicted molar refractivity (Wildman–Crippen MR) is 178 cm³/mol. The van der Waals surface area contributed by atoms with Gasteiger partial charge in [0.15, 0.2) is 0 Å². The minimum Gasteiger partial charge on any atom is -0.455 e. The summed E-state index contributed by atoms with van der Waals surface area (Å²) in [6.07, 6.45) is 0. The molecule has 0 N–H and O–H groups in total. The van der Waals surface area contributed by atoms with Crippen LogP contribution in [-0.4, -0.2) is 9.97 Å². The second kappa shape index (κ2) is 9.37. The van der Waals surface area contributed by atoms with Crippen LogP contribution in [0.5, 0.6) is 0 Å². The summed E-state index contributed by atoms with van der Waals surface area (Å²) in [5.41, 5.74) is 9.67. The van der Waals surface area contributed by atoms with Crippen molar-refractivity contribution in [2.75, 3.05) is 0 Å². The van der Waals surface area contributed by atoms with E-state index < -0.39 is 0 Å². The monoisotopic (exact) mass is 548 g/mol. The average molecular weight is 549 g/mol.